The van der Waals surface area contributed by atoms with Crippen LogP contribution in [-0.2, 0) is 0 Å². The summed E-state index contributed by atoms with van der Waals surface area (Å²) < 4.78 is 2.03. The van der Waals surface area contributed by atoms with Gasteiger partial charge in [-0.2, -0.15) is 9.61 Å². The Morgan fingerprint density at radius 3 is 2.35 bits per heavy atom. The van der Waals surface area contributed by atoms with Crippen LogP contribution in [0.4, 0.5) is 0 Å². The number of rotatable bonds is 3. The Bertz CT molecular complexity index is 690. The number of fused-ring (bicyclic) bond motifs is 1. The highest BCUT2D eigenvalue weighted by molar-refractivity contribution is 5.38. The van der Waals surface area contributed by atoms with Crippen LogP contribution in [-0.4, -0.2) is 43.8 Å². The van der Waals surface area contributed by atoms with Crippen LogP contribution >= 0.6 is 0 Å². The molecule has 0 unspecified atom stereocenters. The molecule has 3 fully saturated rings. The molecule has 1 saturated heterocycles. The molecule has 3 heterocycles. The molecule has 0 bridgehead atoms. The van der Waals surface area contributed by atoms with Crippen molar-refractivity contribution >= 4 is 5.65 Å². The summed E-state index contributed by atoms with van der Waals surface area (Å²) in [6.07, 6.45) is 10.6. The number of nitrogens with zero attached hydrogens (tertiary/aromatic N) is 5. The van der Waals surface area contributed by atoms with Gasteiger partial charge >= 0.3 is 0 Å². The topological polar surface area (TPSA) is 46.3 Å². The Labute approximate surface area is 137 Å². The zero-order valence-electron chi connectivity index (χ0n) is 13.7. The summed E-state index contributed by atoms with van der Waals surface area (Å²) >= 11 is 0. The predicted octanol–water partition coefficient (Wildman–Crippen LogP) is 3.12. The molecule has 0 N–H and O–H groups in total. The predicted molar refractivity (Wildman–Crippen MR) is 88.6 cm³/mol. The van der Waals surface area contributed by atoms with Crippen LogP contribution < -0.4 is 0 Å². The second-order valence-electron chi connectivity index (χ2n) is 7.61. The molecule has 1 aliphatic heterocycles. The van der Waals surface area contributed by atoms with Gasteiger partial charge in [-0.15, -0.1) is 10.2 Å². The summed E-state index contributed by atoms with van der Waals surface area (Å²) in [5.74, 6) is 2.29. The van der Waals surface area contributed by atoms with Gasteiger partial charge in [0.2, 0.25) is 0 Å². The third-order valence-corrected chi connectivity index (χ3v) is 6.04. The minimum atomic E-state index is 0.518. The monoisotopic (exact) mass is 311 g/mol. The van der Waals surface area contributed by atoms with Crippen LogP contribution in [0.3, 0.4) is 0 Å². The first-order valence-electron chi connectivity index (χ1n) is 9.35. The maximum atomic E-state index is 4.85. The van der Waals surface area contributed by atoms with Crippen molar-refractivity contribution in [2.75, 3.05) is 13.1 Å². The van der Waals surface area contributed by atoms with Gasteiger partial charge in [0.25, 0.3) is 0 Å². The Morgan fingerprint density at radius 2 is 1.61 bits per heavy atom. The van der Waals surface area contributed by atoms with Crippen molar-refractivity contribution < 1.29 is 0 Å². The Balaban J connectivity index is 1.35. The first-order valence-corrected chi connectivity index (χ1v) is 9.35. The van der Waals surface area contributed by atoms with Crippen molar-refractivity contribution in [1.82, 2.24) is 24.7 Å². The standard InChI is InChI=1S/C18H25N5/c1-2-4-15(3-1)22-11-9-14(10-12-22)18-20-19-17-8-7-16(13-5-6-13)21-23(17)18/h7-8,13-15H,1-6,9-12H2. The maximum absolute atomic E-state index is 4.85. The highest BCUT2D eigenvalue weighted by atomic mass is 15.4. The lowest BCUT2D eigenvalue weighted by molar-refractivity contribution is 0.151. The normalized spacial score (nSPS) is 24.7. The van der Waals surface area contributed by atoms with Crippen molar-refractivity contribution in [3.05, 3.63) is 23.7 Å². The third-order valence-electron chi connectivity index (χ3n) is 6.04. The molecule has 0 amide bonds. The molecule has 5 nitrogen and oxygen atoms in total. The molecule has 0 radical (unpaired) electrons. The van der Waals surface area contributed by atoms with E-state index in [1.807, 2.05) is 4.52 Å². The van der Waals surface area contributed by atoms with Gasteiger partial charge < -0.3 is 4.90 Å². The zero-order valence-corrected chi connectivity index (χ0v) is 13.7. The third kappa shape index (κ3) is 2.55. The number of aromatic nitrogens is 4. The Hall–Kier alpha value is -1.49. The summed E-state index contributed by atoms with van der Waals surface area (Å²) in [6.45, 7) is 2.43. The van der Waals surface area contributed by atoms with Crippen molar-refractivity contribution in [3.63, 3.8) is 0 Å². The molecule has 5 rings (SSSR count). The van der Waals surface area contributed by atoms with Crippen LogP contribution in [0.1, 0.15) is 74.7 Å². The molecule has 2 aromatic heterocycles. The van der Waals surface area contributed by atoms with E-state index in [4.69, 9.17) is 5.10 Å². The quantitative estimate of drug-likeness (QED) is 0.874. The second kappa shape index (κ2) is 5.55. The fourth-order valence-corrected chi connectivity index (χ4v) is 4.46. The van der Waals surface area contributed by atoms with E-state index in [2.05, 4.69) is 27.2 Å². The zero-order chi connectivity index (χ0) is 15.2. The van der Waals surface area contributed by atoms with E-state index in [-0.39, 0.29) is 0 Å². The molecule has 2 aliphatic carbocycles. The smallest absolute Gasteiger partial charge is 0.177 e. The molecule has 0 aromatic carbocycles. The number of piperidine rings is 1. The van der Waals surface area contributed by atoms with Gasteiger partial charge in [0, 0.05) is 17.9 Å². The molecule has 2 saturated carbocycles. The van der Waals surface area contributed by atoms with Crippen LogP contribution in [0.5, 0.6) is 0 Å². The molecular formula is C18H25N5. The van der Waals surface area contributed by atoms with E-state index in [0.717, 1.165) is 17.5 Å². The van der Waals surface area contributed by atoms with E-state index < -0.39 is 0 Å². The van der Waals surface area contributed by atoms with Gasteiger partial charge in [0.15, 0.2) is 11.5 Å². The highest BCUT2D eigenvalue weighted by Gasteiger charge is 2.30. The van der Waals surface area contributed by atoms with E-state index in [0.29, 0.717) is 11.8 Å². The minimum Gasteiger partial charge on any atom is -0.300 e. The average Bonchev–Trinajstić information content (AvgIpc) is 3.14. The lowest BCUT2D eigenvalue weighted by atomic mass is 9.95. The van der Waals surface area contributed by atoms with Crippen molar-refractivity contribution in [1.29, 1.82) is 0 Å². The molecule has 3 aliphatic rings. The summed E-state index contributed by atoms with van der Waals surface area (Å²) in [5.41, 5.74) is 2.13. The number of likely N-dealkylation sites (tertiary alicyclic amines) is 1. The Kier molecular flexibility index (Phi) is 3.35. The summed E-state index contributed by atoms with van der Waals surface area (Å²) in [6, 6.07) is 5.07. The first-order chi connectivity index (χ1) is 11.4. The molecule has 2 aromatic rings. The first kappa shape index (κ1) is 13.9. The minimum absolute atomic E-state index is 0.518. The van der Waals surface area contributed by atoms with Gasteiger partial charge in [0.05, 0.1) is 5.69 Å². The average molecular weight is 311 g/mol. The summed E-state index contributed by atoms with van der Waals surface area (Å²) in [7, 11) is 0. The van der Waals surface area contributed by atoms with Gasteiger partial charge in [-0.3, -0.25) is 0 Å². The van der Waals surface area contributed by atoms with Crippen molar-refractivity contribution in [2.24, 2.45) is 0 Å². The summed E-state index contributed by atoms with van der Waals surface area (Å²) in [4.78, 5) is 2.72. The Morgan fingerprint density at radius 1 is 0.826 bits per heavy atom. The molecule has 0 atom stereocenters. The summed E-state index contributed by atoms with van der Waals surface area (Å²) in [5, 5.41) is 13.7. The van der Waals surface area contributed by atoms with E-state index >= 15 is 0 Å². The molecule has 0 spiro atoms. The van der Waals surface area contributed by atoms with Crippen LogP contribution in [0.25, 0.3) is 5.65 Å². The van der Waals surface area contributed by atoms with Gasteiger partial charge in [-0.05, 0) is 63.7 Å². The second-order valence-corrected chi connectivity index (χ2v) is 7.61. The van der Waals surface area contributed by atoms with Crippen molar-refractivity contribution in [2.45, 2.75) is 69.2 Å². The van der Waals surface area contributed by atoms with Crippen LogP contribution in [0.15, 0.2) is 12.1 Å². The molecular weight excluding hydrogens is 286 g/mol. The lowest BCUT2D eigenvalue weighted by Crippen LogP contribution is -2.39. The fraction of sp³-hybridized carbons (Fsp3) is 0.722. The van der Waals surface area contributed by atoms with Gasteiger partial charge in [-0.25, -0.2) is 0 Å². The molecule has 122 valence electrons. The molecule has 23 heavy (non-hydrogen) atoms. The van der Waals surface area contributed by atoms with E-state index in [1.165, 1.54) is 70.2 Å². The largest absolute Gasteiger partial charge is 0.300 e. The molecule has 5 heteroatoms. The SMILES string of the molecule is c1cc2nnc(C3CCN(C4CCCC4)CC3)n2nc1C1CC1. The van der Waals surface area contributed by atoms with Crippen LogP contribution in [0, 0.1) is 0 Å². The van der Waals surface area contributed by atoms with Crippen LogP contribution in [0.2, 0.25) is 0 Å². The van der Waals surface area contributed by atoms with Gasteiger partial charge in [0.1, 0.15) is 0 Å². The van der Waals surface area contributed by atoms with Crippen molar-refractivity contribution in [3.8, 4) is 0 Å². The van der Waals surface area contributed by atoms with Gasteiger partial charge in [-0.1, -0.05) is 12.8 Å². The van der Waals surface area contributed by atoms with E-state index in [9.17, 15) is 0 Å². The number of hydrogen-bond donors (Lipinski definition) is 0. The highest BCUT2D eigenvalue weighted by Crippen LogP contribution is 2.39. The maximum Gasteiger partial charge on any atom is 0.177 e. The lowest BCUT2D eigenvalue weighted by Gasteiger charge is -2.35. The number of hydrogen-bond acceptors (Lipinski definition) is 4. The van der Waals surface area contributed by atoms with E-state index in [1.54, 1.807) is 0 Å². The fourth-order valence-electron chi connectivity index (χ4n) is 4.46.